The Bertz CT molecular complexity index is 780. The summed E-state index contributed by atoms with van der Waals surface area (Å²) in [5.74, 6) is -0.952. The van der Waals surface area contributed by atoms with Crippen LogP contribution in [0.1, 0.15) is 118 Å². The molecular weight excluding hydrogens is 595 g/mol. The van der Waals surface area contributed by atoms with Crippen molar-refractivity contribution in [1.82, 2.24) is 0 Å². The second-order valence-corrected chi connectivity index (χ2v) is 14.0. The smallest absolute Gasteiger partial charge is 0.693 e. The third-order valence-electron chi connectivity index (χ3n) is 6.19. The van der Waals surface area contributed by atoms with E-state index in [4.69, 9.17) is 41.0 Å². The monoisotopic (exact) mass is 654 g/mol. The van der Waals surface area contributed by atoms with Gasteiger partial charge in [-0.05, 0) is 37.5 Å². The van der Waals surface area contributed by atoms with Gasteiger partial charge in [0.05, 0.1) is 0 Å². The fraction of sp³-hybridized carbons (Fsp3) is 0.862. The summed E-state index contributed by atoms with van der Waals surface area (Å²) < 4.78 is 15.8. The van der Waals surface area contributed by atoms with Crippen LogP contribution in [0.2, 0.25) is 0 Å². The van der Waals surface area contributed by atoms with Gasteiger partial charge in [0.2, 0.25) is 6.09 Å². The van der Waals surface area contributed by atoms with Gasteiger partial charge in [-0.3, -0.25) is 4.79 Å². The maximum atomic E-state index is 11.3. The van der Waals surface area contributed by atoms with Crippen LogP contribution in [0.25, 0.3) is 23.4 Å². The van der Waals surface area contributed by atoms with Crippen molar-refractivity contribution in [2.75, 3.05) is 0 Å². The van der Waals surface area contributed by atoms with Crippen molar-refractivity contribution in [2.45, 2.75) is 136 Å². The topological polar surface area (TPSA) is 201 Å². The van der Waals surface area contributed by atoms with E-state index < -0.39 is 29.7 Å². The number of carbonyl (C=O) groups excluding carboxylic acids is 4. The van der Waals surface area contributed by atoms with Crippen LogP contribution in [0, 0.1) is 27.6 Å². The number of ether oxygens (including phenoxy) is 3. The van der Waals surface area contributed by atoms with Crippen molar-refractivity contribution >= 4 is 24.1 Å². The van der Waals surface area contributed by atoms with Gasteiger partial charge in [-0.1, -0.05) is 97.4 Å². The van der Waals surface area contributed by atoms with E-state index in [-0.39, 0.29) is 156 Å². The van der Waals surface area contributed by atoms with Gasteiger partial charge in [-0.15, -0.1) is 0 Å². The Kier molecular flexibility index (Phi) is 32.0. The van der Waals surface area contributed by atoms with Crippen molar-refractivity contribution in [3.8, 4) is 0 Å². The molecule has 242 valence electrons. The van der Waals surface area contributed by atoms with E-state index in [0.29, 0.717) is 0 Å². The van der Waals surface area contributed by atoms with Crippen LogP contribution < -0.4 is 103 Å². The minimum absolute atomic E-state index is 0. The molecule has 2 unspecified atom stereocenters. The minimum atomic E-state index is -0.939. The number of rotatable bonds is 2. The Morgan fingerprint density at radius 2 is 1.12 bits per heavy atom. The van der Waals surface area contributed by atoms with Crippen LogP contribution in [0.5, 0.6) is 0 Å². The summed E-state index contributed by atoms with van der Waals surface area (Å²) in [6.07, 6.45) is -1.92. The van der Waals surface area contributed by atoms with Crippen molar-refractivity contribution in [1.29, 1.82) is 0 Å². The van der Waals surface area contributed by atoms with E-state index >= 15 is 0 Å². The first-order valence-corrected chi connectivity index (χ1v) is 12.7. The van der Waals surface area contributed by atoms with Gasteiger partial charge in [0.1, 0.15) is 6.10 Å². The van der Waals surface area contributed by atoms with Gasteiger partial charge in [0, 0.05) is 22.6 Å². The van der Waals surface area contributed by atoms with Crippen LogP contribution in [0.4, 0.5) is 9.59 Å². The Labute approximate surface area is 342 Å². The Balaban J connectivity index is -0.0000000862. The van der Waals surface area contributed by atoms with Gasteiger partial charge >= 0.3 is 109 Å². The molecule has 1 fully saturated rings. The number of nitrogens with one attached hydrogen (secondary N) is 3. The predicted molar refractivity (Wildman–Crippen MR) is 163 cm³/mol. The number of carbonyl (C=O) groups is 4. The third-order valence-corrected chi connectivity index (χ3v) is 6.19. The number of cyclic esters (lactones) is 2. The van der Waals surface area contributed by atoms with Crippen LogP contribution in [0.3, 0.4) is 0 Å². The first kappa shape index (κ1) is 58.3. The number of amides is 3. The molecule has 1 saturated heterocycles. The molecule has 0 spiro atoms. The van der Waals surface area contributed by atoms with E-state index in [1.807, 2.05) is 27.7 Å². The van der Waals surface area contributed by atoms with Crippen LogP contribution in [0.15, 0.2) is 0 Å². The van der Waals surface area contributed by atoms with Gasteiger partial charge in [-0.2, -0.15) is 0 Å². The quantitative estimate of drug-likeness (QED) is 0.314. The summed E-state index contributed by atoms with van der Waals surface area (Å²) in [5.41, 5.74) is 17.9. The van der Waals surface area contributed by atoms with Crippen molar-refractivity contribution < 1.29 is 136 Å². The number of nitrogens with two attached hydrogens (primary N) is 1. The second-order valence-electron chi connectivity index (χ2n) is 14.0. The summed E-state index contributed by atoms with van der Waals surface area (Å²) in [6, 6.07) is 0. The molecule has 5 N–H and O–H groups in total. The first-order valence-electron chi connectivity index (χ1n) is 12.7. The maximum Gasteiger partial charge on any atom is 1.00 e. The Morgan fingerprint density at radius 1 is 0.810 bits per heavy atom. The van der Waals surface area contributed by atoms with E-state index in [0.717, 1.165) is 0 Å². The van der Waals surface area contributed by atoms with E-state index in [1.54, 1.807) is 0 Å². The average Bonchev–Trinajstić information content (AvgIpc) is 2.93. The molecule has 0 aliphatic carbocycles. The van der Waals surface area contributed by atoms with Crippen molar-refractivity contribution in [2.24, 2.45) is 27.6 Å². The maximum absolute atomic E-state index is 11.3. The van der Waals surface area contributed by atoms with Gasteiger partial charge in [-0.25, -0.2) is 4.79 Å². The van der Waals surface area contributed by atoms with Crippen LogP contribution >= 0.6 is 0 Å². The normalized spacial score (nSPS) is 18.9. The summed E-state index contributed by atoms with van der Waals surface area (Å²) >= 11 is 0. The van der Waals surface area contributed by atoms with Gasteiger partial charge in [0.15, 0.2) is 11.7 Å². The molecule has 1 aliphatic rings. The predicted octanol–water partition coefficient (Wildman–Crippen LogP) is 4.18. The zero-order valence-electron chi connectivity index (χ0n) is 29.2. The van der Waals surface area contributed by atoms with E-state index in [2.05, 4.69) is 69.2 Å². The molecule has 1 heterocycles. The Hall–Kier alpha value is 0.713. The molecule has 0 saturated carbocycles. The first-order chi connectivity index (χ1) is 16.4. The summed E-state index contributed by atoms with van der Waals surface area (Å²) in [6.45, 7) is 31.2. The van der Waals surface area contributed by atoms with E-state index in [1.165, 1.54) is 13.8 Å². The molecule has 1 aliphatic heterocycles. The molecule has 0 aromatic heterocycles. The third kappa shape index (κ3) is 25.0. The zero-order valence-corrected chi connectivity index (χ0v) is 35.4. The molecule has 13 heteroatoms. The van der Waals surface area contributed by atoms with Crippen molar-refractivity contribution in [3.63, 3.8) is 0 Å². The summed E-state index contributed by atoms with van der Waals surface area (Å²) in [7, 11) is 0. The molecular formula is C29H60K2N4O7-2. The molecule has 0 aromatic rings. The van der Waals surface area contributed by atoms with Crippen LogP contribution in [-0.4, -0.2) is 41.9 Å². The molecule has 1 rings (SSSR count). The van der Waals surface area contributed by atoms with E-state index in [9.17, 15) is 9.59 Å². The fourth-order valence-corrected chi connectivity index (χ4v) is 3.61. The molecule has 0 radical (unpaired) electrons. The van der Waals surface area contributed by atoms with Gasteiger partial charge < -0.3 is 47.2 Å². The largest absolute Gasteiger partial charge is 1.00 e. The molecule has 11 nitrogen and oxygen atoms in total. The molecule has 0 aromatic carbocycles. The molecule has 3 amide bonds. The molecule has 4 atom stereocenters. The average molecular weight is 655 g/mol. The Morgan fingerprint density at radius 3 is 1.29 bits per heavy atom. The molecule has 0 bridgehead atoms. The standard InChI is InChI=1S/C12H25NO2.C12H22O3.2C2H5NO.CH4.2K.H2N/c1-8(11(2,3)4)9(12(5,6)7)15-10(13)14;1-10(2,3)8-12(7,11(4,5)6)15-9(13)14-8;2*1-2(3)4;;;;/h8-9H,1-7H3,(H2,13,14);8H,1-7H3;2*1H3,(H2,3,4);1H4;;;1H2/q;;;;;2*+1;-1/p-3/t8-,9?;8?,12-;;;;;;/m10....../s1. The summed E-state index contributed by atoms with van der Waals surface area (Å²) in [5, 5.41) is 0. The van der Waals surface area contributed by atoms with Gasteiger partial charge in [0.25, 0.3) is 0 Å². The SMILES string of the molecule is C.CC(C)(C)C1OC(=O)O[C@]1(C)C(C)(C)C.CC([NH-])=O.CC([NH-])=O.C[C@H](C(OC([NH-])=O)C(C)(C)C)C(C)(C)C.[K+].[K+].[NH2-]. The molecule has 42 heavy (non-hydrogen) atoms. The number of hydrogen-bond donors (Lipinski definition) is 0. The summed E-state index contributed by atoms with van der Waals surface area (Å²) in [4.78, 5) is 40.3. The van der Waals surface area contributed by atoms with Crippen LogP contribution in [-0.2, 0) is 23.8 Å². The van der Waals surface area contributed by atoms with Crippen molar-refractivity contribution in [3.05, 3.63) is 23.4 Å². The fourth-order valence-electron chi connectivity index (χ4n) is 3.61. The minimum Gasteiger partial charge on any atom is -0.693 e. The zero-order chi connectivity index (χ0) is 31.7. The number of hydrogen-bond acceptors (Lipinski definition) is 7. The second kappa shape index (κ2) is 23.1.